The van der Waals surface area contributed by atoms with Gasteiger partial charge in [-0.15, -0.1) is 0 Å². The summed E-state index contributed by atoms with van der Waals surface area (Å²) in [7, 11) is 0. The molecule has 0 spiro atoms. The first kappa shape index (κ1) is 17.9. The van der Waals surface area contributed by atoms with E-state index in [2.05, 4.69) is 20.6 Å². The van der Waals surface area contributed by atoms with E-state index in [-0.39, 0.29) is 17.9 Å². The van der Waals surface area contributed by atoms with E-state index in [1.54, 1.807) is 0 Å². The van der Waals surface area contributed by atoms with Gasteiger partial charge >= 0.3 is 0 Å². The molecule has 2 saturated heterocycles. The average molecular weight is 347 g/mol. The second-order valence-electron chi connectivity index (χ2n) is 7.27. The number of carbonyl (C=O) groups is 2. The minimum absolute atomic E-state index is 0.0481. The molecule has 0 bridgehead atoms. The van der Waals surface area contributed by atoms with Gasteiger partial charge in [-0.25, -0.2) is 0 Å². The Hall–Kier alpha value is -1.89. The Bertz CT molecular complexity index is 600. The van der Waals surface area contributed by atoms with Gasteiger partial charge in [-0.05, 0) is 51.1 Å². The third-order valence-electron chi connectivity index (χ3n) is 5.13. The van der Waals surface area contributed by atoms with Crippen LogP contribution in [0.4, 0.5) is 0 Å². The number of aromatic nitrogens is 2. The zero-order valence-electron chi connectivity index (χ0n) is 15.0. The highest BCUT2D eigenvalue weighted by atomic mass is 16.2. The van der Waals surface area contributed by atoms with Gasteiger partial charge in [0.05, 0.1) is 19.3 Å². The third kappa shape index (κ3) is 5.04. The van der Waals surface area contributed by atoms with E-state index >= 15 is 0 Å². The van der Waals surface area contributed by atoms with Crippen LogP contribution in [0.25, 0.3) is 0 Å². The van der Waals surface area contributed by atoms with Gasteiger partial charge in [0.25, 0.3) is 0 Å². The van der Waals surface area contributed by atoms with Gasteiger partial charge in [0, 0.05) is 18.8 Å². The minimum atomic E-state index is -0.382. The molecule has 2 aliphatic heterocycles. The molecule has 2 amide bonds. The van der Waals surface area contributed by atoms with Crippen LogP contribution in [0.2, 0.25) is 0 Å². The van der Waals surface area contributed by atoms with Crippen LogP contribution < -0.4 is 10.6 Å². The highest BCUT2D eigenvalue weighted by Gasteiger charge is 2.27. The molecule has 3 heterocycles. The number of rotatable bonds is 5. The number of hydrogen-bond donors (Lipinski definition) is 2. The summed E-state index contributed by atoms with van der Waals surface area (Å²) in [5.41, 5.74) is 1.15. The largest absolute Gasteiger partial charge is 0.354 e. The van der Waals surface area contributed by atoms with Crippen molar-refractivity contribution < 1.29 is 9.59 Å². The first-order valence-corrected chi connectivity index (χ1v) is 9.42. The molecule has 138 valence electrons. The van der Waals surface area contributed by atoms with Gasteiger partial charge in [-0.2, -0.15) is 5.10 Å². The Morgan fingerprint density at radius 2 is 2.16 bits per heavy atom. The number of aryl methyl sites for hydroxylation is 1. The van der Waals surface area contributed by atoms with Crippen LogP contribution in [0.15, 0.2) is 12.4 Å². The highest BCUT2D eigenvalue weighted by Crippen LogP contribution is 2.18. The summed E-state index contributed by atoms with van der Waals surface area (Å²) in [5.74, 6) is -0.0985. The van der Waals surface area contributed by atoms with Gasteiger partial charge in [-0.1, -0.05) is 6.42 Å². The molecule has 25 heavy (non-hydrogen) atoms. The minimum Gasteiger partial charge on any atom is -0.354 e. The third-order valence-corrected chi connectivity index (χ3v) is 5.13. The second kappa shape index (κ2) is 8.47. The van der Waals surface area contributed by atoms with Crippen LogP contribution in [-0.4, -0.2) is 58.2 Å². The smallest absolute Gasteiger partial charge is 0.242 e. The molecule has 7 nitrogen and oxygen atoms in total. The van der Waals surface area contributed by atoms with Crippen LogP contribution >= 0.6 is 0 Å². The van der Waals surface area contributed by atoms with E-state index < -0.39 is 0 Å². The SMILES string of the molecule is Cc1cnn(C[C@@H]2CCCCN2CC(=O)N[C@H]2CCCCNC2=O)c1. The van der Waals surface area contributed by atoms with Gasteiger partial charge in [0.1, 0.15) is 6.04 Å². The van der Waals surface area contributed by atoms with Crippen molar-refractivity contribution in [3.8, 4) is 0 Å². The molecule has 0 unspecified atom stereocenters. The topological polar surface area (TPSA) is 79.3 Å². The molecule has 2 fully saturated rings. The predicted octanol–water partition coefficient (Wildman–Crippen LogP) is 0.831. The number of piperidine rings is 1. The van der Waals surface area contributed by atoms with E-state index in [0.717, 1.165) is 50.8 Å². The van der Waals surface area contributed by atoms with Crippen molar-refractivity contribution in [3.05, 3.63) is 18.0 Å². The molecule has 1 aromatic rings. The summed E-state index contributed by atoms with van der Waals surface area (Å²) in [4.78, 5) is 26.7. The molecule has 0 radical (unpaired) electrons. The summed E-state index contributed by atoms with van der Waals surface area (Å²) in [6, 6.07) is -0.0613. The first-order valence-electron chi connectivity index (χ1n) is 9.42. The lowest BCUT2D eigenvalue weighted by Crippen LogP contribution is -2.51. The fourth-order valence-corrected chi connectivity index (χ4v) is 3.76. The lowest BCUT2D eigenvalue weighted by molar-refractivity contribution is -0.130. The summed E-state index contributed by atoms with van der Waals surface area (Å²) in [5, 5.41) is 10.2. The Kier molecular flexibility index (Phi) is 6.07. The zero-order chi connectivity index (χ0) is 17.6. The molecular weight excluding hydrogens is 318 g/mol. The average Bonchev–Trinajstić information content (AvgIpc) is 2.89. The van der Waals surface area contributed by atoms with Crippen LogP contribution in [0.3, 0.4) is 0 Å². The van der Waals surface area contributed by atoms with Crippen molar-refractivity contribution in [1.82, 2.24) is 25.3 Å². The fourth-order valence-electron chi connectivity index (χ4n) is 3.76. The Labute approximate surface area is 149 Å². The van der Waals surface area contributed by atoms with Gasteiger partial charge in [-0.3, -0.25) is 19.2 Å². The summed E-state index contributed by atoms with van der Waals surface area (Å²) in [6.07, 6.45) is 9.97. The second-order valence-corrected chi connectivity index (χ2v) is 7.27. The van der Waals surface area contributed by atoms with E-state index in [0.29, 0.717) is 19.1 Å². The zero-order valence-corrected chi connectivity index (χ0v) is 15.0. The number of nitrogens with zero attached hydrogens (tertiary/aromatic N) is 3. The van der Waals surface area contributed by atoms with Crippen LogP contribution in [0, 0.1) is 6.92 Å². The molecule has 7 heteroatoms. The van der Waals surface area contributed by atoms with E-state index in [9.17, 15) is 9.59 Å². The number of hydrogen-bond acceptors (Lipinski definition) is 4. The lowest BCUT2D eigenvalue weighted by atomic mass is 10.0. The molecule has 0 saturated carbocycles. The number of likely N-dealkylation sites (tertiary alicyclic amines) is 1. The monoisotopic (exact) mass is 347 g/mol. The highest BCUT2D eigenvalue weighted by molar-refractivity contribution is 5.88. The molecule has 2 N–H and O–H groups in total. The fraction of sp³-hybridized carbons (Fsp3) is 0.722. The maximum atomic E-state index is 12.5. The molecule has 1 aromatic heterocycles. The van der Waals surface area contributed by atoms with Crippen molar-refractivity contribution in [2.24, 2.45) is 0 Å². The lowest BCUT2D eigenvalue weighted by Gasteiger charge is -2.35. The van der Waals surface area contributed by atoms with Crippen molar-refractivity contribution >= 4 is 11.8 Å². The van der Waals surface area contributed by atoms with Crippen molar-refractivity contribution in [2.45, 2.75) is 64.1 Å². The van der Waals surface area contributed by atoms with E-state index in [4.69, 9.17) is 0 Å². The van der Waals surface area contributed by atoms with Crippen molar-refractivity contribution in [3.63, 3.8) is 0 Å². The maximum absolute atomic E-state index is 12.5. The van der Waals surface area contributed by atoms with E-state index in [1.807, 2.05) is 24.0 Å². The van der Waals surface area contributed by atoms with Gasteiger partial charge in [0.2, 0.25) is 11.8 Å². The van der Waals surface area contributed by atoms with E-state index in [1.165, 1.54) is 6.42 Å². The molecule has 2 atom stereocenters. The molecular formula is C18H29N5O2. The van der Waals surface area contributed by atoms with Crippen LogP contribution in [0.5, 0.6) is 0 Å². The van der Waals surface area contributed by atoms with Crippen molar-refractivity contribution in [1.29, 1.82) is 0 Å². The van der Waals surface area contributed by atoms with Crippen LogP contribution in [0.1, 0.15) is 44.1 Å². The standard InChI is InChI=1S/C18H29N5O2/c1-14-10-20-23(11-14)12-15-6-3-5-9-22(15)13-17(24)21-16-7-2-4-8-19-18(16)25/h10-11,15-16H,2-9,12-13H2,1H3,(H,19,25)(H,21,24)/t15-,16-/m0/s1. The van der Waals surface area contributed by atoms with Crippen LogP contribution in [-0.2, 0) is 16.1 Å². The summed E-state index contributed by atoms with van der Waals surface area (Å²) >= 11 is 0. The number of carbonyl (C=O) groups excluding carboxylic acids is 2. The first-order chi connectivity index (χ1) is 12.1. The Morgan fingerprint density at radius 1 is 1.32 bits per heavy atom. The molecule has 3 rings (SSSR count). The molecule has 0 aliphatic carbocycles. The van der Waals surface area contributed by atoms with Gasteiger partial charge in [0.15, 0.2) is 0 Å². The molecule has 2 aliphatic rings. The maximum Gasteiger partial charge on any atom is 0.242 e. The quantitative estimate of drug-likeness (QED) is 0.827. The molecule has 0 aromatic carbocycles. The van der Waals surface area contributed by atoms with Crippen molar-refractivity contribution in [2.75, 3.05) is 19.6 Å². The summed E-state index contributed by atoms with van der Waals surface area (Å²) < 4.78 is 1.97. The summed E-state index contributed by atoms with van der Waals surface area (Å²) in [6.45, 7) is 4.84. The Morgan fingerprint density at radius 3 is 2.96 bits per heavy atom. The number of nitrogens with one attached hydrogen (secondary N) is 2. The Balaban J connectivity index is 1.55. The number of amides is 2. The normalized spacial score (nSPS) is 25.2. The van der Waals surface area contributed by atoms with Gasteiger partial charge < -0.3 is 10.6 Å². The predicted molar refractivity (Wildman–Crippen MR) is 95.0 cm³/mol.